The van der Waals surface area contributed by atoms with Crippen molar-refractivity contribution in [1.29, 1.82) is 0 Å². The molecular weight excluding hydrogens is 374 g/mol. The van der Waals surface area contributed by atoms with Crippen LogP contribution >= 0.6 is 11.6 Å². The molecule has 6 atom stereocenters. The molecule has 2 saturated carbocycles. The number of anilines is 1. The molecule has 2 amide bonds. The highest BCUT2D eigenvalue weighted by Crippen LogP contribution is 2.59. The third-order valence-electron chi connectivity index (χ3n) is 6.17. The van der Waals surface area contributed by atoms with Crippen LogP contribution < -0.4 is 5.01 Å². The number of fused-ring (bicyclic) bond motifs is 8. The first-order chi connectivity index (χ1) is 13.1. The fraction of sp³-hybridized carbons (Fsp3) is 0.529. The lowest BCUT2D eigenvalue weighted by Crippen LogP contribution is -2.78. The first-order valence-electron chi connectivity index (χ1n) is 8.76. The number of methoxy groups -OCH3 is 2. The van der Waals surface area contributed by atoms with Gasteiger partial charge in [-0.2, -0.15) is 5.11 Å². The van der Waals surface area contributed by atoms with Crippen LogP contribution in [0.1, 0.15) is 6.42 Å². The van der Waals surface area contributed by atoms with E-state index >= 15 is 0 Å². The van der Waals surface area contributed by atoms with Crippen molar-refractivity contribution < 1.29 is 19.1 Å². The number of hydrazine groups is 1. The summed E-state index contributed by atoms with van der Waals surface area (Å²) in [4.78, 5) is 24.5. The van der Waals surface area contributed by atoms with Crippen molar-refractivity contribution in [2.24, 2.45) is 22.2 Å². The van der Waals surface area contributed by atoms with E-state index < -0.39 is 12.2 Å². The Morgan fingerprint density at radius 2 is 1.59 bits per heavy atom. The summed E-state index contributed by atoms with van der Waals surface area (Å²) in [6, 6.07) is 7.24. The summed E-state index contributed by atoms with van der Waals surface area (Å²) in [7, 11) is 2.61. The third kappa shape index (κ3) is 2.06. The third-order valence-corrected chi connectivity index (χ3v) is 6.43. The predicted molar refractivity (Wildman–Crippen MR) is 94.0 cm³/mol. The molecule has 4 aliphatic rings. The molecule has 3 fully saturated rings. The number of rotatable bonds is 1. The molecule has 27 heavy (non-hydrogen) atoms. The fourth-order valence-electron chi connectivity index (χ4n) is 5.24. The summed E-state index contributed by atoms with van der Waals surface area (Å²) in [6.07, 6.45) is -0.250. The first-order valence-corrected chi connectivity index (χ1v) is 9.14. The highest BCUT2D eigenvalue weighted by molar-refractivity contribution is 6.30. The summed E-state index contributed by atoms with van der Waals surface area (Å²) in [5.74, 6) is 0.266. The van der Waals surface area contributed by atoms with Crippen molar-refractivity contribution in [3.05, 3.63) is 29.3 Å². The molecule has 1 aromatic rings. The Kier molecular flexibility index (Phi) is 3.52. The molecule has 1 aromatic carbocycles. The summed E-state index contributed by atoms with van der Waals surface area (Å²) in [5.41, 5.74) is 0.911. The Hall–Kier alpha value is -2.55. The minimum Gasteiger partial charge on any atom is -0.452 e. The maximum absolute atomic E-state index is 12.3. The fourth-order valence-corrected chi connectivity index (χ4v) is 5.36. The van der Waals surface area contributed by atoms with E-state index in [9.17, 15) is 9.59 Å². The zero-order valence-electron chi connectivity index (χ0n) is 14.7. The molecule has 142 valence electrons. The van der Waals surface area contributed by atoms with Gasteiger partial charge in [0.1, 0.15) is 6.04 Å². The highest BCUT2D eigenvalue weighted by Gasteiger charge is 2.73. The first kappa shape index (κ1) is 16.6. The quantitative estimate of drug-likeness (QED) is 0.734. The van der Waals surface area contributed by atoms with E-state index in [4.69, 9.17) is 21.1 Å². The molecule has 1 saturated heterocycles. The van der Waals surface area contributed by atoms with Gasteiger partial charge >= 0.3 is 12.2 Å². The van der Waals surface area contributed by atoms with E-state index in [2.05, 4.69) is 10.3 Å². The van der Waals surface area contributed by atoms with Crippen LogP contribution in [0, 0.1) is 11.8 Å². The lowest BCUT2D eigenvalue weighted by molar-refractivity contribution is -0.181. The van der Waals surface area contributed by atoms with Gasteiger partial charge in [0, 0.05) is 16.9 Å². The molecular formula is C17H18ClN5O4. The van der Waals surface area contributed by atoms with E-state index in [0.717, 1.165) is 12.1 Å². The van der Waals surface area contributed by atoms with Gasteiger partial charge < -0.3 is 9.47 Å². The van der Waals surface area contributed by atoms with Crippen LogP contribution in [0.15, 0.2) is 34.6 Å². The summed E-state index contributed by atoms with van der Waals surface area (Å²) in [5, 5.41) is 14.2. The molecule has 0 spiro atoms. The van der Waals surface area contributed by atoms with Crippen molar-refractivity contribution in [2.75, 3.05) is 19.2 Å². The minimum absolute atomic E-state index is 0.0149. The molecule has 2 aliphatic carbocycles. The summed E-state index contributed by atoms with van der Waals surface area (Å²) in [6.45, 7) is 0. The van der Waals surface area contributed by atoms with Gasteiger partial charge in [0.2, 0.25) is 0 Å². The number of carbonyl (C=O) groups excluding carboxylic acids is 2. The van der Waals surface area contributed by atoms with E-state index in [0.29, 0.717) is 5.02 Å². The lowest BCUT2D eigenvalue weighted by atomic mass is 9.79. The zero-order valence-corrected chi connectivity index (χ0v) is 15.5. The van der Waals surface area contributed by atoms with Crippen LogP contribution in [0.5, 0.6) is 0 Å². The van der Waals surface area contributed by atoms with Gasteiger partial charge in [-0.1, -0.05) is 16.8 Å². The number of nitrogens with zero attached hydrogens (tertiary/aromatic N) is 5. The normalized spacial score (nSPS) is 35.0. The monoisotopic (exact) mass is 391 g/mol. The van der Waals surface area contributed by atoms with Gasteiger partial charge in [-0.25, -0.2) is 24.6 Å². The van der Waals surface area contributed by atoms with Gasteiger partial charge in [-0.3, -0.25) is 0 Å². The van der Waals surface area contributed by atoms with Crippen LogP contribution in [-0.2, 0) is 9.47 Å². The Morgan fingerprint density at radius 3 is 2.19 bits per heavy atom. The van der Waals surface area contributed by atoms with E-state index in [1.807, 2.05) is 29.3 Å². The van der Waals surface area contributed by atoms with E-state index in [-0.39, 0.29) is 36.0 Å². The second-order valence-electron chi connectivity index (χ2n) is 7.18. The number of halogens is 1. The van der Waals surface area contributed by atoms with Crippen LogP contribution in [0.2, 0.25) is 5.02 Å². The largest absolute Gasteiger partial charge is 0.452 e. The SMILES string of the molecule is COC(=O)N1C2C3CC(C4C3N=NN4c3ccc(Cl)cc3)C2N1C(=O)OC. The molecule has 2 aliphatic heterocycles. The second-order valence-corrected chi connectivity index (χ2v) is 7.62. The zero-order chi connectivity index (χ0) is 18.9. The predicted octanol–water partition coefficient (Wildman–Crippen LogP) is 2.72. The molecule has 9 nitrogen and oxygen atoms in total. The average molecular weight is 392 g/mol. The van der Waals surface area contributed by atoms with Gasteiger partial charge in [-0.05, 0) is 30.7 Å². The Labute approximate surface area is 160 Å². The van der Waals surface area contributed by atoms with Crippen molar-refractivity contribution in [3.8, 4) is 0 Å². The van der Waals surface area contributed by atoms with Gasteiger partial charge in [-0.15, -0.1) is 0 Å². The molecule has 6 unspecified atom stereocenters. The molecule has 2 heterocycles. The molecule has 0 aromatic heterocycles. The average Bonchev–Trinajstić information content (AvgIpc) is 3.31. The molecule has 10 heteroatoms. The molecule has 0 N–H and O–H groups in total. The maximum Gasteiger partial charge on any atom is 0.429 e. The topological polar surface area (TPSA) is 87.0 Å². The van der Waals surface area contributed by atoms with Crippen molar-refractivity contribution in [3.63, 3.8) is 0 Å². The number of ether oxygens (including phenoxy) is 2. The maximum atomic E-state index is 12.3. The van der Waals surface area contributed by atoms with Crippen molar-refractivity contribution in [2.45, 2.75) is 30.6 Å². The Bertz CT molecular complexity index is 833. The van der Waals surface area contributed by atoms with Crippen molar-refractivity contribution in [1.82, 2.24) is 10.0 Å². The van der Waals surface area contributed by atoms with Gasteiger partial charge in [0.15, 0.2) is 0 Å². The summed E-state index contributed by atoms with van der Waals surface area (Å²) < 4.78 is 9.76. The number of amides is 2. The number of carbonyl (C=O) groups is 2. The van der Waals surface area contributed by atoms with Gasteiger partial charge in [0.05, 0.1) is 38.0 Å². The van der Waals surface area contributed by atoms with E-state index in [1.54, 1.807) is 0 Å². The van der Waals surface area contributed by atoms with Gasteiger partial charge in [0.25, 0.3) is 0 Å². The van der Waals surface area contributed by atoms with Crippen LogP contribution in [0.4, 0.5) is 15.3 Å². The van der Waals surface area contributed by atoms with Crippen LogP contribution in [0.3, 0.4) is 0 Å². The highest BCUT2D eigenvalue weighted by atomic mass is 35.5. The molecule has 0 radical (unpaired) electrons. The minimum atomic E-state index is -0.560. The molecule has 5 rings (SSSR count). The number of hydrogen-bond acceptors (Lipinski definition) is 7. The van der Waals surface area contributed by atoms with Crippen molar-refractivity contribution >= 4 is 29.5 Å². The standard InChI is InChI=1S/C17H18ClN5O4/c1-26-16(24)22-14-10-7-11(15(14)23(22)17(25)27-2)13-12(10)19-20-21(13)9-5-3-8(18)4-6-9/h3-6,10-15H,7H2,1-2H3. The smallest absolute Gasteiger partial charge is 0.429 e. The van der Waals surface area contributed by atoms with E-state index in [1.165, 1.54) is 24.2 Å². The Morgan fingerprint density at radius 1 is 1.00 bits per heavy atom. The Balaban J connectivity index is 1.47. The van der Waals surface area contributed by atoms with Crippen LogP contribution in [-0.4, -0.2) is 60.6 Å². The summed E-state index contributed by atoms with van der Waals surface area (Å²) >= 11 is 5.99. The van der Waals surface area contributed by atoms with Crippen LogP contribution in [0.25, 0.3) is 0 Å². The molecule has 2 bridgehead atoms. The number of hydrogen-bond donors (Lipinski definition) is 0. The second kappa shape index (κ2) is 5.72. The lowest BCUT2D eigenvalue weighted by Gasteiger charge is -2.58. The number of benzene rings is 1.